The molecule has 0 aliphatic heterocycles. The average Bonchev–Trinajstić information content (AvgIpc) is 2.60. The van der Waals surface area contributed by atoms with Gasteiger partial charge in [-0.25, -0.2) is 4.79 Å². The summed E-state index contributed by atoms with van der Waals surface area (Å²) in [5.74, 6) is -0.788. The van der Waals surface area contributed by atoms with E-state index in [2.05, 4.69) is 10.3 Å². The Morgan fingerprint density at radius 3 is 2.58 bits per heavy atom. The molecule has 0 fully saturated rings. The van der Waals surface area contributed by atoms with Gasteiger partial charge in [0.05, 0.1) is 23.9 Å². The lowest BCUT2D eigenvalue weighted by Gasteiger charge is -2.16. The molecule has 8 heteroatoms. The van der Waals surface area contributed by atoms with Crippen LogP contribution in [0.15, 0.2) is 48.7 Å². The Balaban J connectivity index is 2.23. The molecule has 0 spiro atoms. The summed E-state index contributed by atoms with van der Waals surface area (Å²) in [6, 6.07) is 10.1. The number of fused-ring (bicyclic) bond motifs is 1. The number of carboxylic acids is 1. The zero-order valence-electron chi connectivity index (χ0n) is 13.5. The van der Waals surface area contributed by atoms with Gasteiger partial charge in [-0.15, -0.1) is 0 Å². The Hall–Kier alpha value is -3.29. The topological polar surface area (TPSA) is 71.5 Å². The highest BCUT2D eigenvalue weighted by atomic mass is 19.4. The number of rotatable bonds is 4. The molecule has 5 nitrogen and oxygen atoms in total. The molecule has 0 unspecified atom stereocenters. The number of ether oxygens (including phenoxy) is 1. The smallest absolute Gasteiger partial charge is 0.418 e. The van der Waals surface area contributed by atoms with Crippen molar-refractivity contribution in [3.63, 3.8) is 0 Å². The van der Waals surface area contributed by atoms with E-state index in [9.17, 15) is 23.1 Å². The number of carbonyl (C=O) groups is 1. The van der Waals surface area contributed by atoms with Gasteiger partial charge in [0.15, 0.2) is 0 Å². The van der Waals surface area contributed by atoms with Crippen molar-refractivity contribution in [2.75, 3.05) is 12.4 Å². The molecule has 0 aliphatic carbocycles. The third-order valence-electron chi connectivity index (χ3n) is 3.77. The fourth-order valence-corrected chi connectivity index (χ4v) is 2.59. The summed E-state index contributed by atoms with van der Waals surface area (Å²) in [5.41, 5.74) is -0.991. The second-order valence-electron chi connectivity index (χ2n) is 5.41. The van der Waals surface area contributed by atoms with Crippen molar-refractivity contribution in [3.8, 4) is 5.75 Å². The zero-order valence-corrected chi connectivity index (χ0v) is 13.5. The quantitative estimate of drug-likeness (QED) is 0.704. The molecule has 0 saturated heterocycles. The Kier molecular flexibility index (Phi) is 4.41. The van der Waals surface area contributed by atoms with E-state index >= 15 is 0 Å². The molecule has 0 bridgehead atoms. The number of aromatic nitrogens is 1. The monoisotopic (exact) mass is 362 g/mol. The van der Waals surface area contributed by atoms with Crippen LogP contribution < -0.4 is 10.1 Å². The maximum Gasteiger partial charge on any atom is 0.418 e. The molecular formula is C18H13F3N2O3. The van der Waals surface area contributed by atoms with Crippen molar-refractivity contribution in [2.24, 2.45) is 0 Å². The van der Waals surface area contributed by atoms with Gasteiger partial charge >= 0.3 is 12.1 Å². The van der Waals surface area contributed by atoms with Gasteiger partial charge < -0.3 is 15.2 Å². The maximum absolute atomic E-state index is 13.2. The molecular weight excluding hydrogens is 349 g/mol. The number of nitrogens with zero attached hydrogens (tertiary/aromatic N) is 1. The minimum absolute atomic E-state index is 0.0295. The molecule has 26 heavy (non-hydrogen) atoms. The molecule has 0 atom stereocenters. The van der Waals surface area contributed by atoms with Crippen LogP contribution in [0.1, 0.15) is 15.9 Å². The molecule has 3 rings (SSSR count). The van der Waals surface area contributed by atoms with Crippen LogP contribution in [0.3, 0.4) is 0 Å². The van der Waals surface area contributed by atoms with Crippen molar-refractivity contribution in [3.05, 3.63) is 59.8 Å². The molecule has 1 heterocycles. The number of pyridine rings is 1. The molecule has 0 amide bonds. The number of hydrogen-bond acceptors (Lipinski definition) is 4. The van der Waals surface area contributed by atoms with E-state index in [0.717, 1.165) is 12.3 Å². The molecule has 2 N–H and O–H groups in total. The van der Waals surface area contributed by atoms with Crippen LogP contribution in [-0.4, -0.2) is 23.2 Å². The molecule has 3 aromatic rings. The molecule has 134 valence electrons. The van der Waals surface area contributed by atoms with E-state index in [4.69, 9.17) is 4.74 Å². The Labute approximate surface area is 146 Å². The van der Waals surface area contributed by atoms with Crippen LogP contribution in [0.2, 0.25) is 0 Å². The third kappa shape index (κ3) is 3.26. The average molecular weight is 362 g/mol. The highest BCUT2D eigenvalue weighted by Gasteiger charge is 2.34. The van der Waals surface area contributed by atoms with E-state index in [-0.39, 0.29) is 22.2 Å². The van der Waals surface area contributed by atoms with Crippen LogP contribution in [0, 0.1) is 0 Å². The number of benzene rings is 2. The van der Waals surface area contributed by atoms with Gasteiger partial charge in [-0.3, -0.25) is 4.98 Å². The van der Waals surface area contributed by atoms with E-state index in [0.29, 0.717) is 11.4 Å². The van der Waals surface area contributed by atoms with Gasteiger partial charge in [0.1, 0.15) is 11.3 Å². The molecule has 0 aliphatic rings. The summed E-state index contributed by atoms with van der Waals surface area (Å²) in [5, 5.41) is 12.3. The van der Waals surface area contributed by atoms with Crippen LogP contribution in [-0.2, 0) is 6.18 Å². The van der Waals surface area contributed by atoms with Crippen molar-refractivity contribution in [2.45, 2.75) is 6.18 Å². The summed E-state index contributed by atoms with van der Waals surface area (Å²) in [6.07, 6.45) is -3.69. The third-order valence-corrected chi connectivity index (χ3v) is 3.77. The van der Waals surface area contributed by atoms with Gasteiger partial charge in [0.25, 0.3) is 0 Å². The predicted molar refractivity (Wildman–Crippen MR) is 90.0 cm³/mol. The normalized spacial score (nSPS) is 11.4. The first kappa shape index (κ1) is 17.5. The number of carboxylic acid groups (broad SMARTS) is 1. The molecule has 0 saturated carbocycles. The lowest BCUT2D eigenvalue weighted by molar-refractivity contribution is -0.136. The maximum atomic E-state index is 13.2. The molecule has 1 aromatic heterocycles. The second-order valence-corrected chi connectivity index (χ2v) is 5.41. The first-order valence-corrected chi connectivity index (χ1v) is 7.44. The number of methoxy groups -OCH3 is 1. The van der Waals surface area contributed by atoms with Crippen molar-refractivity contribution in [1.29, 1.82) is 0 Å². The summed E-state index contributed by atoms with van der Waals surface area (Å²) < 4.78 is 44.8. The predicted octanol–water partition coefficient (Wildman–Crippen LogP) is 4.70. The van der Waals surface area contributed by atoms with E-state index < -0.39 is 17.7 Å². The van der Waals surface area contributed by atoms with Crippen molar-refractivity contribution >= 4 is 28.2 Å². The second kappa shape index (κ2) is 6.55. The Morgan fingerprint density at radius 2 is 1.92 bits per heavy atom. The summed E-state index contributed by atoms with van der Waals surface area (Å²) in [7, 11) is 1.47. The number of halogens is 3. The number of aromatic carboxylic acids is 1. The highest BCUT2D eigenvalue weighted by molar-refractivity contribution is 6.06. The minimum Gasteiger partial charge on any atom is -0.497 e. The summed E-state index contributed by atoms with van der Waals surface area (Å²) >= 11 is 0. The zero-order chi connectivity index (χ0) is 18.9. The number of hydrogen-bond donors (Lipinski definition) is 2. The molecule has 0 radical (unpaired) electrons. The Bertz CT molecular complexity index is 987. The largest absolute Gasteiger partial charge is 0.497 e. The Morgan fingerprint density at radius 1 is 1.19 bits per heavy atom. The minimum atomic E-state index is -4.61. The molecule has 2 aromatic carbocycles. The lowest BCUT2D eigenvalue weighted by atomic mass is 10.0. The van der Waals surface area contributed by atoms with E-state index in [1.807, 2.05) is 0 Å². The van der Waals surface area contributed by atoms with E-state index in [1.54, 1.807) is 24.3 Å². The van der Waals surface area contributed by atoms with Gasteiger partial charge in [0.2, 0.25) is 0 Å². The fraction of sp³-hybridized carbons (Fsp3) is 0.111. The van der Waals surface area contributed by atoms with Crippen LogP contribution in [0.4, 0.5) is 24.5 Å². The van der Waals surface area contributed by atoms with Gasteiger partial charge in [-0.05, 0) is 18.2 Å². The number of alkyl halides is 3. The van der Waals surface area contributed by atoms with Gasteiger partial charge in [-0.1, -0.05) is 18.2 Å². The van der Waals surface area contributed by atoms with Crippen LogP contribution in [0.5, 0.6) is 5.75 Å². The van der Waals surface area contributed by atoms with E-state index in [1.165, 1.54) is 19.2 Å². The number of nitrogens with one attached hydrogen (secondary N) is 1. The summed E-state index contributed by atoms with van der Waals surface area (Å²) in [6.45, 7) is 0. The summed E-state index contributed by atoms with van der Waals surface area (Å²) in [4.78, 5) is 15.3. The van der Waals surface area contributed by atoms with Crippen molar-refractivity contribution in [1.82, 2.24) is 4.98 Å². The number of para-hydroxylation sites is 1. The number of anilines is 2. The van der Waals surface area contributed by atoms with Gasteiger partial charge in [-0.2, -0.15) is 13.2 Å². The first-order valence-electron chi connectivity index (χ1n) is 7.44. The van der Waals surface area contributed by atoms with Crippen molar-refractivity contribution < 1.29 is 27.8 Å². The lowest BCUT2D eigenvalue weighted by Crippen LogP contribution is -2.09. The first-order chi connectivity index (χ1) is 12.3. The highest BCUT2D eigenvalue weighted by Crippen LogP contribution is 2.38. The van der Waals surface area contributed by atoms with Crippen LogP contribution in [0.25, 0.3) is 10.9 Å². The fourth-order valence-electron chi connectivity index (χ4n) is 2.59. The standard InChI is InChI=1S/C18H13F3N2O3/c1-26-11-5-2-4-10(8-11)23-15-12-6-3-7-14(18(19,20)21)16(12)22-9-13(15)17(24)25/h2-9H,1H3,(H,22,23)(H,24,25). The SMILES string of the molecule is COc1cccc(Nc2c(C(=O)O)cnc3c(C(F)(F)F)cccc23)c1. The van der Waals surface area contributed by atoms with Crippen LogP contribution >= 0.6 is 0 Å². The van der Waals surface area contributed by atoms with Gasteiger partial charge in [0, 0.05) is 23.3 Å².